The topological polar surface area (TPSA) is 57.5 Å². The average molecular weight is 310 g/mol. The molecule has 0 aromatic heterocycles. The van der Waals surface area contributed by atoms with Gasteiger partial charge in [0.1, 0.15) is 5.60 Å². The van der Waals surface area contributed by atoms with Crippen molar-refractivity contribution in [2.45, 2.75) is 58.7 Å². The van der Waals surface area contributed by atoms with E-state index in [9.17, 15) is 15.0 Å². The molecule has 0 heterocycles. The van der Waals surface area contributed by atoms with E-state index in [4.69, 9.17) is 0 Å². The van der Waals surface area contributed by atoms with Crippen LogP contribution in [0, 0.1) is 22.7 Å². The lowest BCUT2D eigenvalue weighted by atomic mass is 9.44. The second kappa shape index (κ2) is 4.59. The number of thioether (sulfide) groups is 1. The standard InChI is InChI=1S/C17H26O3S/c1-5-21-14(19)11-6-10-7-15(2,3)8-12(10)16(4)9-13(18)17(11,16)20/h6,10,12-13,18,20H,5,7-9H2,1-4H3/t10-,12+,13-,16-,17+/m1/s1. The molecule has 3 nitrogen and oxygen atoms in total. The molecule has 4 heteroatoms. The van der Waals surface area contributed by atoms with Gasteiger partial charge in [0.05, 0.1) is 6.10 Å². The van der Waals surface area contributed by atoms with Crippen molar-refractivity contribution in [2.75, 3.05) is 5.75 Å². The van der Waals surface area contributed by atoms with Crippen LogP contribution in [0.2, 0.25) is 0 Å². The zero-order chi connectivity index (χ0) is 15.6. The number of aliphatic hydroxyl groups excluding tert-OH is 1. The summed E-state index contributed by atoms with van der Waals surface area (Å²) in [4.78, 5) is 12.5. The molecule has 0 aromatic carbocycles. The highest BCUT2D eigenvalue weighted by Crippen LogP contribution is 2.68. The van der Waals surface area contributed by atoms with Gasteiger partial charge >= 0.3 is 0 Å². The molecule has 0 aliphatic heterocycles. The van der Waals surface area contributed by atoms with Crippen LogP contribution in [0.1, 0.15) is 47.0 Å². The van der Waals surface area contributed by atoms with Crippen molar-refractivity contribution < 1.29 is 15.0 Å². The van der Waals surface area contributed by atoms with Crippen molar-refractivity contribution in [2.24, 2.45) is 22.7 Å². The molecule has 5 atom stereocenters. The van der Waals surface area contributed by atoms with Gasteiger partial charge in [-0.15, -0.1) is 0 Å². The van der Waals surface area contributed by atoms with Gasteiger partial charge in [-0.25, -0.2) is 0 Å². The van der Waals surface area contributed by atoms with Gasteiger partial charge < -0.3 is 10.2 Å². The van der Waals surface area contributed by atoms with Crippen LogP contribution in [0.3, 0.4) is 0 Å². The van der Waals surface area contributed by atoms with E-state index in [1.54, 1.807) is 0 Å². The molecule has 3 rings (SSSR count). The third-order valence-corrected chi connectivity index (χ3v) is 6.92. The first-order valence-electron chi connectivity index (χ1n) is 7.95. The Balaban J connectivity index is 2.05. The summed E-state index contributed by atoms with van der Waals surface area (Å²) in [6.07, 6.45) is 3.91. The Hall–Kier alpha value is -0.320. The lowest BCUT2D eigenvalue weighted by molar-refractivity contribution is -0.247. The number of aliphatic hydroxyl groups is 2. The van der Waals surface area contributed by atoms with Crippen LogP contribution < -0.4 is 0 Å². The van der Waals surface area contributed by atoms with Crippen molar-refractivity contribution in [3.63, 3.8) is 0 Å². The summed E-state index contributed by atoms with van der Waals surface area (Å²) in [5, 5.41) is 21.4. The SMILES string of the molecule is CCSC(=O)C1=C[C@@H]2CC(C)(C)C[C@@H]2[C@@]2(C)C[C@@H](O)[C@@]12O. The van der Waals surface area contributed by atoms with Crippen molar-refractivity contribution in [1.82, 2.24) is 0 Å². The lowest BCUT2D eigenvalue weighted by Gasteiger charge is -2.64. The summed E-state index contributed by atoms with van der Waals surface area (Å²) in [7, 11) is 0. The van der Waals surface area contributed by atoms with Gasteiger partial charge in [-0.2, -0.15) is 0 Å². The van der Waals surface area contributed by atoms with E-state index in [1.165, 1.54) is 11.8 Å². The third kappa shape index (κ3) is 1.91. The molecule has 0 saturated heterocycles. The quantitative estimate of drug-likeness (QED) is 0.823. The smallest absolute Gasteiger partial charge is 0.218 e. The Labute approximate surface area is 131 Å². The maximum Gasteiger partial charge on any atom is 0.218 e. The van der Waals surface area contributed by atoms with Crippen molar-refractivity contribution in [3.8, 4) is 0 Å². The fourth-order valence-electron chi connectivity index (χ4n) is 5.13. The maximum absolute atomic E-state index is 12.5. The Morgan fingerprint density at radius 1 is 1.33 bits per heavy atom. The third-order valence-electron chi connectivity index (χ3n) is 6.15. The summed E-state index contributed by atoms with van der Waals surface area (Å²) in [5.41, 5.74) is -0.992. The molecule has 2 fully saturated rings. The molecule has 118 valence electrons. The minimum absolute atomic E-state index is 0.0619. The lowest BCUT2D eigenvalue weighted by Crippen LogP contribution is -2.72. The van der Waals surface area contributed by atoms with Crippen LogP contribution in [0.25, 0.3) is 0 Å². The van der Waals surface area contributed by atoms with Crippen molar-refractivity contribution in [1.29, 1.82) is 0 Å². The Kier molecular flexibility index (Phi) is 3.40. The van der Waals surface area contributed by atoms with Crippen LogP contribution >= 0.6 is 11.8 Å². The normalized spacial score (nSPS) is 47.1. The molecule has 0 radical (unpaired) electrons. The summed E-state index contributed by atoms with van der Waals surface area (Å²) < 4.78 is 0. The Morgan fingerprint density at radius 3 is 2.57 bits per heavy atom. The predicted octanol–water partition coefficient (Wildman–Crippen LogP) is 2.76. The first kappa shape index (κ1) is 15.6. The van der Waals surface area contributed by atoms with E-state index in [0.29, 0.717) is 29.6 Å². The van der Waals surface area contributed by atoms with Gasteiger partial charge in [-0.05, 0) is 42.3 Å². The number of carbonyl (C=O) groups excluding carboxylic acids is 1. The second-order valence-electron chi connectivity index (χ2n) is 8.05. The van der Waals surface area contributed by atoms with E-state index in [1.807, 2.05) is 13.0 Å². The van der Waals surface area contributed by atoms with Gasteiger partial charge in [0.2, 0.25) is 5.12 Å². The highest BCUT2D eigenvalue weighted by molar-refractivity contribution is 8.14. The number of rotatable bonds is 2. The van der Waals surface area contributed by atoms with Crippen LogP contribution in [-0.4, -0.2) is 32.8 Å². The monoisotopic (exact) mass is 310 g/mol. The zero-order valence-corrected chi connectivity index (χ0v) is 14.2. The molecule has 2 saturated carbocycles. The van der Waals surface area contributed by atoms with E-state index in [2.05, 4.69) is 20.8 Å². The molecular weight excluding hydrogens is 284 g/mol. The minimum atomic E-state index is -1.34. The number of carbonyl (C=O) groups is 1. The molecule has 21 heavy (non-hydrogen) atoms. The molecular formula is C17H26O3S. The summed E-state index contributed by atoms with van der Waals surface area (Å²) in [6, 6.07) is 0. The first-order chi connectivity index (χ1) is 9.65. The van der Waals surface area contributed by atoms with Crippen LogP contribution in [0.5, 0.6) is 0 Å². The van der Waals surface area contributed by atoms with E-state index in [0.717, 1.165) is 12.8 Å². The summed E-state index contributed by atoms with van der Waals surface area (Å²) in [5.74, 6) is 1.41. The average Bonchev–Trinajstić information content (AvgIpc) is 2.70. The number of hydrogen-bond acceptors (Lipinski definition) is 4. The summed E-state index contributed by atoms with van der Waals surface area (Å²) in [6.45, 7) is 8.53. The van der Waals surface area contributed by atoms with Gasteiger partial charge in [0.15, 0.2) is 0 Å². The number of hydrogen-bond donors (Lipinski definition) is 2. The minimum Gasteiger partial charge on any atom is -0.390 e. The van der Waals surface area contributed by atoms with Crippen LogP contribution in [-0.2, 0) is 4.79 Å². The highest BCUT2D eigenvalue weighted by Gasteiger charge is 2.71. The Bertz CT molecular complexity index is 512. The van der Waals surface area contributed by atoms with Gasteiger partial charge in [-0.3, -0.25) is 4.79 Å². The van der Waals surface area contributed by atoms with Crippen LogP contribution in [0.4, 0.5) is 0 Å². The molecule has 0 aromatic rings. The molecule has 0 unspecified atom stereocenters. The van der Waals surface area contributed by atoms with Crippen molar-refractivity contribution in [3.05, 3.63) is 11.6 Å². The fourth-order valence-corrected chi connectivity index (χ4v) is 5.77. The zero-order valence-electron chi connectivity index (χ0n) is 13.3. The summed E-state index contributed by atoms with van der Waals surface area (Å²) >= 11 is 1.23. The molecule has 3 aliphatic carbocycles. The largest absolute Gasteiger partial charge is 0.390 e. The molecule has 3 aliphatic rings. The van der Waals surface area contributed by atoms with E-state index >= 15 is 0 Å². The van der Waals surface area contributed by atoms with Gasteiger partial charge in [0.25, 0.3) is 0 Å². The molecule has 2 N–H and O–H groups in total. The number of allylic oxidation sites excluding steroid dienone is 1. The van der Waals surface area contributed by atoms with Crippen LogP contribution in [0.15, 0.2) is 11.6 Å². The molecule has 0 spiro atoms. The molecule has 0 bridgehead atoms. The maximum atomic E-state index is 12.5. The first-order valence-corrected chi connectivity index (χ1v) is 8.94. The predicted molar refractivity (Wildman–Crippen MR) is 84.9 cm³/mol. The van der Waals surface area contributed by atoms with E-state index in [-0.39, 0.29) is 15.9 Å². The van der Waals surface area contributed by atoms with Gasteiger partial charge in [-0.1, -0.05) is 45.5 Å². The Morgan fingerprint density at radius 2 is 2.00 bits per heavy atom. The van der Waals surface area contributed by atoms with E-state index < -0.39 is 11.7 Å². The highest BCUT2D eigenvalue weighted by atomic mass is 32.2. The van der Waals surface area contributed by atoms with Crippen molar-refractivity contribution >= 4 is 16.9 Å². The number of fused-ring (bicyclic) bond motifs is 3. The van der Waals surface area contributed by atoms with Gasteiger partial charge in [0, 0.05) is 11.0 Å². The molecule has 0 amide bonds. The fraction of sp³-hybridized carbons (Fsp3) is 0.824. The second-order valence-corrected chi connectivity index (χ2v) is 9.28.